The minimum atomic E-state index is -0.446. The van der Waals surface area contributed by atoms with Crippen molar-refractivity contribution in [3.05, 3.63) is 164 Å². The molecular formula is C32H27FeO2P-. The summed E-state index contributed by atoms with van der Waals surface area (Å²) in [5, 5.41) is 4.19. The third kappa shape index (κ3) is 11.4. The summed E-state index contributed by atoms with van der Waals surface area (Å²) in [5.74, 6) is 0. The molecule has 0 saturated carbocycles. The first-order valence-electron chi connectivity index (χ1n) is 11.1. The van der Waals surface area contributed by atoms with Gasteiger partial charge in [-0.2, -0.15) is 0 Å². The first kappa shape index (κ1) is 30.8. The van der Waals surface area contributed by atoms with Crippen LogP contribution in [0.1, 0.15) is 5.56 Å². The summed E-state index contributed by atoms with van der Waals surface area (Å²) in [6.07, 6.45) is 12.2. The Hall–Kier alpha value is -3.28. The molecule has 0 fully saturated rings. The average molecular weight is 530 g/mol. The zero-order chi connectivity index (χ0) is 25.0. The van der Waals surface area contributed by atoms with Crippen LogP contribution in [-0.2, 0) is 32.9 Å². The first-order chi connectivity index (χ1) is 17.4. The number of carbonyl (C=O) groups excluding carboxylic acids is 1. The predicted octanol–water partition coefficient (Wildman–Crippen LogP) is 6.06. The molecule has 181 valence electrons. The van der Waals surface area contributed by atoms with Crippen molar-refractivity contribution in [3.63, 3.8) is 0 Å². The Morgan fingerprint density at radius 2 is 0.889 bits per heavy atom. The monoisotopic (exact) mass is 530 g/mol. The molecule has 0 aromatic heterocycles. The second-order valence-electron chi connectivity index (χ2n) is 7.11. The fraction of sp³-hybridized carbons (Fsp3) is 0.0312. The molecule has 1 aliphatic carbocycles. The average Bonchev–Trinajstić information content (AvgIpc) is 3.54. The summed E-state index contributed by atoms with van der Waals surface area (Å²) in [6, 6.07) is 41.9. The Morgan fingerprint density at radius 3 is 1.17 bits per heavy atom. The van der Waals surface area contributed by atoms with Gasteiger partial charge in [-0.15, -0.1) is 6.42 Å². The first-order valence-corrected chi connectivity index (χ1v) is 12.4. The van der Waals surface area contributed by atoms with E-state index in [-0.39, 0.29) is 17.1 Å². The van der Waals surface area contributed by atoms with Gasteiger partial charge in [0.25, 0.3) is 0 Å². The van der Waals surface area contributed by atoms with Crippen molar-refractivity contribution >= 4 is 30.1 Å². The fourth-order valence-electron chi connectivity index (χ4n) is 3.18. The fourth-order valence-corrected chi connectivity index (χ4v) is 5.48. The van der Waals surface area contributed by atoms with E-state index in [0.717, 1.165) is 5.56 Å². The molecule has 5 rings (SSSR count). The maximum absolute atomic E-state index is 9.85. The molecule has 0 unspecified atom stereocenters. The zero-order valence-corrected chi connectivity index (χ0v) is 21.8. The Labute approximate surface area is 226 Å². The summed E-state index contributed by atoms with van der Waals surface area (Å²) in [7, 11) is -0.446. The quantitative estimate of drug-likeness (QED) is 0.134. The van der Waals surface area contributed by atoms with Gasteiger partial charge in [0, 0.05) is 23.5 Å². The topological polar surface area (TPSA) is 37.0 Å². The zero-order valence-electron chi connectivity index (χ0n) is 19.8. The van der Waals surface area contributed by atoms with Crippen LogP contribution in [0, 0.1) is 13.1 Å². The Morgan fingerprint density at radius 1 is 0.556 bits per heavy atom. The van der Waals surface area contributed by atoms with E-state index in [9.17, 15) is 4.79 Å². The molecule has 0 bridgehead atoms. The molecule has 0 aliphatic heterocycles. The third-order valence-electron chi connectivity index (χ3n) is 4.72. The molecule has 4 heteroatoms. The number of benzene rings is 4. The molecule has 0 heterocycles. The molecule has 0 amide bonds. The van der Waals surface area contributed by atoms with Crippen LogP contribution < -0.4 is 15.9 Å². The summed E-state index contributed by atoms with van der Waals surface area (Å²) in [4.78, 5) is 9.85. The SMILES string of the molecule is O=[C-]Cc1ccccc1.[C-]#[O+].[CH]1C=CC=C1.[Fe].c1ccc(P(c2ccccc2)c2ccccc2)cc1. The normalized spacial score (nSPS) is 10.3. The summed E-state index contributed by atoms with van der Waals surface area (Å²) < 4.78 is 7.50. The van der Waals surface area contributed by atoms with Gasteiger partial charge in [0.1, 0.15) is 0 Å². The second-order valence-corrected chi connectivity index (χ2v) is 9.33. The van der Waals surface area contributed by atoms with Gasteiger partial charge in [0.05, 0.1) is 0 Å². The van der Waals surface area contributed by atoms with E-state index < -0.39 is 7.92 Å². The van der Waals surface area contributed by atoms with Gasteiger partial charge >= 0.3 is 11.3 Å². The largest absolute Gasteiger partial charge is 0.0767 e. The molecule has 1 aliphatic rings. The number of hydrogen-bond donors (Lipinski definition) is 0. The van der Waals surface area contributed by atoms with E-state index in [4.69, 9.17) is 4.65 Å². The van der Waals surface area contributed by atoms with Crippen molar-refractivity contribution in [2.24, 2.45) is 0 Å². The number of rotatable bonds is 5. The third-order valence-corrected chi connectivity index (χ3v) is 7.16. The number of hydrogen-bond acceptors (Lipinski definition) is 1. The van der Waals surface area contributed by atoms with Crippen LogP contribution in [0.25, 0.3) is 0 Å². The van der Waals surface area contributed by atoms with E-state index in [1.807, 2.05) is 67.3 Å². The van der Waals surface area contributed by atoms with Crippen LogP contribution in [0.4, 0.5) is 0 Å². The Balaban J connectivity index is 0.000000317. The van der Waals surface area contributed by atoms with Crippen LogP contribution in [-0.4, -0.2) is 6.29 Å². The van der Waals surface area contributed by atoms with Crippen LogP contribution >= 0.6 is 7.92 Å². The van der Waals surface area contributed by atoms with Crippen LogP contribution in [0.3, 0.4) is 0 Å². The van der Waals surface area contributed by atoms with E-state index >= 15 is 0 Å². The van der Waals surface area contributed by atoms with Crippen molar-refractivity contribution in [3.8, 4) is 0 Å². The molecule has 4 aromatic carbocycles. The van der Waals surface area contributed by atoms with E-state index in [1.54, 1.807) is 0 Å². The van der Waals surface area contributed by atoms with E-state index in [0.29, 0.717) is 6.42 Å². The Bertz CT molecular complexity index is 1060. The van der Waals surface area contributed by atoms with Crippen LogP contribution in [0.5, 0.6) is 0 Å². The number of allylic oxidation sites excluding steroid dienone is 4. The maximum atomic E-state index is 9.85. The van der Waals surface area contributed by atoms with Gasteiger partial charge in [0.2, 0.25) is 0 Å². The van der Waals surface area contributed by atoms with Gasteiger partial charge in [-0.1, -0.05) is 151 Å². The van der Waals surface area contributed by atoms with Crippen molar-refractivity contribution in [2.75, 3.05) is 0 Å². The Kier molecular flexibility index (Phi) is 17.1. The minimum absolute atomic E-state index is 0. The van der Waals surface area contributed by atoms with Crippen molar-refractivity contribution in [1.29, 1.82) is 0 Å². The minimum Gasteiger partial charge on any atom is -0.0767 e. The molecule has 0 atom stereocenters. The summed E-state index contributed by atoms with van der Waals surface area (Å²) >= 11 is 0. The van der Waals surface area contributed by atoms with Crippen LogP contribution in [0.2, 0.25) is 0 Å². The maximum Gasteiger partial charge on any atom is 0.00506 e. The van der Waals surface area contributed by atoms with Gasteiger partial charge < -0.3 is 4.79 Å². The predicted molar refractivity (Wildman–Crippen MR) is 147 cm³/mol. The van der Waals surface area contributed by atoms with Gasteiger partial charge in [-0.25, -0.2) is 0 Å². The smallest absolute Gasteiger partial charge is 0.00506 e. The van der Waals surface area contributed by atoms with Crippen molar-refractivity contribution < 1.29 is 26.5 Å². The van der Waals surface area contributed by atoms with Crippen molar-refractivity contribution in [1.82, 2.24) is 0 Å². The molecule has 1 radical (unpaired) electrons. The van der Waals surface area contributed by atoms with E-state index in [2.05, 4.69) is 97.6 Å². The molecule has 0 saturated heterocycles. The van der Waals surface area contributed by atoms with Crippen molar-refractivity contribution in [2.45, 2.75) is 6.42 Å². The summed E-state index contributed by atoms with van der Waals surface area (Å²) in [6.45, 7) is 4.50. The molecular weight excluding hydrogens is 503 g/mol. The van der Waals surface area contributed by atoms with Gasteiger partial charge in [0.15, 0.2) is 0 Å². The van der Waals surface area contributed by atoms with E-state index in [1.165, 1.54) is 15.9 Å². The molecule has 2 nitrogen and oxygen atoms in total. The molecule has 0 N–H and O–H groups in total. The summed E-state index contributed by atoms with van der Waals surface area (Å²) in [5.41, 5.74) is 1.02. The second kappa shape index (κ2) is 20.0. The molecule has 36 heavy (non-hydrogen) atoms. The molecule has 0 spiro atoms. The molecule has 4 aromatic rings. The van der Waals surface area contributed by atoms with Gasteiger partial charge in [-0.3, -0.25) is 6.29 Å². The standard InChI is InChI=1S/C18H15P.C8H7O.C5H5.CO.Fe/c1-4-10-16(11-5-1)19(17-12-6-2-7-13-17)18-14-8-3-9-15-18;9-7-6-8-4-2-1-3-5-8;1-2-4-5-3-1;1-2;/h1-15H;1-5H,6H2;1-5H;;/q;-1;;;. The van der Waals surface area contributed by atoms with Gasteiger partial charge in [-0.05, 0) is 23.8 Å². The van der Waals surface area contributed by atoms with Crippen LogP contribution in [0.15, 0.2) is 146 Å².